The van der Waals surface area contributed by atoms with Crippen molar-refractivity contribution in [1.82, 2.24) is 10.2 Å². The van der Waals surface area contributed by atoms with Gasteiger partial charge in [0.1, 0.15) is 11.3 Å². The molecular formula is C26H28N4O5. The van der Waals surface area contributed by atoms with Crippen LogP contribution in [0.1, 0.15) is 35.1 Å². The van der Waals surface area contributed by atoms with Gasteiger partial charge in [0, 0.05) is 29.3 Å². The second kappa shape index (κ2) is 8.20. The summed E-state index contributed by atoms with van der Waals surface area (Å²) in [5, 5.41) is 6.29. The standard InChI is InChI=1S/C26H28N4O5/c1-13-10-14(2)22-16(11-13)26(25(34)28-22)21-20(17(29-26)8-9-19(27)31)23(32)30(24(21)33)12-15-6-4-5-7-18(15)35-3/h4-7,10-11,17,20-21,29H,8-9,12H2,1-3H3,(H2,27,31)(H,28,34)/t17-,20-,21+,26+/m1/s1. The van der Waals surface area contributed by atoms with E-state index < -0.39 is 35.2 Å². The van der Waals surface area contributed by atoms with Crippen LogP contribution in [0.4, 0.5) is 5.69 Å². The highest BCUT2D eigenvalue weighted by Crippen LogP contribution is 2.54. The molecule has 1 spiro atoms. The Morgan fingerprint density at radius 1 is 1.14 bits per heavy atom. The highest BCUT2D eigenvalue weighted by molar-refractivity contribution is 6.15. The fourth-order valence-corrected chi connectivity index (χ4v) is 6.02. The Hall–Kier alpha value is -3.72. The maximum atomic E-state index is 13.9. The number of methoxy groups -OCH3 is 1. The number of imide groups is 1. The molecule has 0 unspecified atom stereocenters. The van der Waals surface area contributed by atoms with Gasteiger partial charge in [-0.3, -0.25) is 29.4 Å². The number of hydrogen-bond acceptors (Lipinski definition) is 6. The lowest BCUT2D eigenvalue weighted by Crippen LogP contribution is -2.53. The van der Waals surface area contributed by atoms with Gasteiger partial charge >= 0.3 is 0 Å². The molecule has 4 amide bonds. The molecule has 4 atom stereocenters. The van der Waals surface area contributed by atoms with Crippen LogP contribution >= 0.6 is 0 Å². The highest BCUT2D eigenvalue weighted by Gasteiger charge is 2.70. The lowest BCUT2D eigenvalue weighted by Gasteiger charge is -2.30. The number of para-hydroxylation sites is 1. The number of ether oxygens (including phenoxy) is 1. The summed E-state index contributed by atoms with van der Waals surface area (Å²) < 4.78 is 5.41. The first-order valence-corrected chi connectivity index (χ1v) is 11.6. The highest BCUT2D eigenvalue weighted by atomic mass is 16.5. The Bertz CT molecular complexity index is 1270. The minimum atomic E-state index is -1.40. The monoisotopic (exact) mass is 476 g/mol. The van der Waals surface area contributed by atoms with Gasteiger partial charge in [-0.25, -0.2) is 0 Å². The second-order valence-electron chi connectivity index (χ2n) is 9.60. The predicted octanol–water partition coefficient (Wildman–Crippen LogP) is 1.50. The molecule has 9 nitrogen and oxygen atoms in total. The van der Waals surface area contributed by atoms with Crippen LogP contribution in [0.3, 0.4) is 0 Å². The number of anilines is 1. The first-order valence-electron chi connectivity index (χ1n) is 11.6. The number of hydrogen-bond donors (Lipinski definition) is 3. The van der Waals surface area contributed by atoms with Crippen molar-refractivity contribution >= 4 is 29.3 Å². The predicted molar refractivity (Wildman–Crippen MR) is 127 cm³/mol. The van der Waals surface area contributed by atoms with Gasteiger partial charge in [0.25, 0.3) is 0 Å². The molecule has 2 aromatic rings. The average Bonchev–Trinajstić information content (AvgIpc) is 3.39. The first-order chi connectivity index (χ1) is 16.7. The number of nitrogens with two attached hydrogens (primary N) is 1. The summed E-state index contributed by atoms with van der Waals surface area (Å²) in [7, 11) is 1.53. The molecule has 3 heterocycles. The van der Waals surface area contributed by atoms with Gasteiger partial charge in [-0.1, -0.05) is 35.9 Å². The number of likely N-dealkylation sites (tertiary alicyclic amines) is 1. The molecule has 3 aliphatic heterocycles. The largest absolute Gasteiger partial charge is 0.496 e. The van der Waals surface area contributed by atoms with E-state index >= 15 is 0 Å². The third kappa shape index (κ3) is 3.33. The summed E-state index contributed by atoms with van der Waals surface area (Å²) >= 11 is 0. The minimum Gasteiger partial charge on any atom is -0.496 e. The number of benzene rings is 2. The summed E-state index contributed by atoms with van der Waals surface area (Å²) in [4.78, 5) is 54.0. The molecule has 2 saturated heterocycles. The number of nitrogens with one attached hydrogen (secondary N) is 2. The Balaban J connectivity index is 1.61. The third-order valence-corrected chi connectivity index (χ3v) is 7.48. The van der Waals surface area contributed by atoms with E-state index in [0.29, 0.717) is 22.6 Å². The number of rotatable bonds is 6. The van der Waals surface area contributed by atoms with Crippen LogP contribution in [0, 0.1) is 25.7 Å². The number of primary amides is 1. The second-order valence-corrected chi connectivity index (χ2v) is 9.60. The summed E-state index contributed by atoms with van der Waals surface area (Å²) in [6.07, 6.45) is 0.277. The number of carbonyl (C=O) groups excluding carboxylic acids is 4. The molecule has 9 heteroatoms. The Labute approximate surface area is 203 Å². The number of fused-ring (bicyclic) bond motifs is 4. The molecule has 0 radical (unpaired) electrons. The van der Waals surface area contributed by atoms with Crippen molar-refractivity contribution in [1.29, 1.82) is 0 Å². The van der Waals surface area contributed by atoms with Crippen LogP contribution < -0.4 is 21.1 Å². The fraction of sp³-hybridized carbons (Fsp3) is 0.385. The van der Waals surface area contributed by atoms with Gasteiger partial charge in [-0.2, -0.15) is 0 Å². The van der Waals surface area contributed by atoms with Crippen molar-refractivity contribution < 1.29 is 23.9 Å². The van der Waals surface area contributed by atoms with Crippen LogP contribution in [-0.2, 0) is 31.3 Å². The fourth-order valence-electron chi connectivity index (χ4n) is 6.02. The topological polar surface area (TPSA) is 131 Å². The van der Waals surface area contributed by atoms with Gasteiger partial charge in [0.05, 0.1) is 25.5 Å². The average molecular weight is 477 g/mol. The normalized spacial score (nSPS) is 26.8. The van der Waals surface area contributed by atoms with E-state index in [2.05, 4.69) is 10.6 Å². The van der Waals surface area contributed by atoms with Crippen molar-refractivity contribution in [3.63, 3.8) is 0 Å². The van der Waals surface area contributed by atoms with Crippen molar-refractivity contribution in [2.24, 2.45) is 17.6 Å². The van der Waals surface area contributed by atoms with Gasteiger partial charge in [0.2, 0.25) is 23.6 Å². The van der Waals surface area contributed by atoms with Crippen LogP contribution in [0.25, 0.3) is 0 Å². The van der Waals surface area contributed by atoms with Gasteiger partial charge in [0.15, 0.2) is 0 Å². The van der Waals surface area contributed by atoms with E-state index in [1.165, 1.54) is 12.0 Å². The van der Waals surface area contributed by atoms with Crippen LogP contribution in [-0.4, -0.2) is 41.7 Å². The van der Waals surface area contributed by atoms with Crippen molar-refractivity contribution in [2.75, 3.05) is 12.4 Å². The Morgan fingerprint density at radius 3 is 2.60 bits per heavy atom. The van der Waals surface area contributed by atoms with E-state index in [-0.39, 0.29) is 31.2 Å². The zero-order valence-electron chi connectivity index (χ0n) is 19.9. The molecule has 0 aromatic heterocycles. The molecule has 0 bridgehead atoms. The smallest absolute Gasteiger partial charge is 0.250 e. The Morgan fingerprint density at radius 2 is 1.89 bits per heavy atom. The van der Waals surface area contributed by atoms with Crippen molar-refractivity contribution in [2.45, 2.75) is 44.8 Å². The SMILES string of the molecule is COc1ccccc1CN1C(=O)[C@H]2[C@@H](C1=O)[C@]1(N[C@@H]2CCC(N)=O)C(=O)Nc2c(C)cc(C)cc21. The van der Waals surface area contributed by atoms with Gasteiger partial charge < -0.3 is 15.8 Å². The maximum Gasteiger partial charge on any atom is 0.250 e. The molecule has 2 fully saturated rings. The molecular weight excluding hydrogens is 448 g/mol. The quantitative estimate of drug-likeness (QED) is 0.542. The lowest BCUT2D eigenvalue weighted by atomic mass is 9.75. The third-order valence-electron chi connectivity index (χ3n) is 7.48. The van der Waals surface area contributed by atoms with E-state index in [0.717, 1.165) is 11.1 Å². The van der Waals surface area contributed by atoms with Gasteiger partial charge in [-0.15, -0.1) is 0 Å². The molecule has 0 aliphatic carbocycles. The van der Waals surface area contributed by atoms with E-state index in [1.54, 1.807) is 12.1 Å². The first kappa shape index (κ1) is 23.0. The molecule has 3 aliphatic rings. The zero-order valence-corrected chi connectivity index (χ0v) is 19.9. The number of aryl methyl sites for hydroxylation is 2. The summed E-state index contributed by atoms with van der Waals surface area (Å²) in [6, 6.07) is 10.5. The van der Waals surface area contributed by atoms with Crippen molar-refractivity contribution in [3.8, 4) is 5.75 Å². The van der Waals surface area contributed by atoms with Crippen molar-refractivity contribution in [3.05, 3.63) is 58.7 Å². The summed E-state index contributed by atoms with van der Waals surface area (Å²) in [5.74, 6) is -2.82. The van der Waals surface area contributed by atoms with E-state index in [4.69, 9.17) is 10.5 Å². The zero-order chi connectivity index (χ0) is 25.1. The van der Waals surface area contributed by atoms with Crippen LogP contribution in [0.15, 0.2) is 36.4 Å². The molecule has 35 heavy (non-hydrogen) atoms. The van der Waals surface area contributed by atoms with Crippen LogP contribution in [0.2, 0.25) is 0 Å². The molecule has 182 valence electrons. The molecule has 0 saturated carbocycles. The number of amides is 4. The number of nitrogens with zero attached hydrogens (tertiary/aromatic N) is 1. The van der Waals surface area contributed by atoms with Gasteiger partial charge in [-0.05, 0) is 31.9 Å². The maximum absolute atomic E-state index is 13.9. The minimum absolute atomic E-state index is 0.0340. The summed E-state index contributed by atoms with van der Waals surface area (Å²) in [6.45, 7) is 3.86. The van der Waals surface area contributed by atoms with E-state index in [1.807, 2.05) is 38.1 Å². The number of carbonyl (C=O) groups is 4. The molecule has 2 aromatic carbocycles. The molecule has 5 rings (SSSR count). The van der Waals surface area contributed by atoms with Crippen LogP contribution in [0.5, 0.6) is 5.75 Å². The molecule has 4 N–H and O–H groups in total. The Kier molecular flexibility index (Phi) is 5.40. The lowest BCUT2D eigenvalue weighted by molar-refractivity contribution is -0.143. The van der Waals surface area contributed by atoms with E-state index in [9.17, 15) is 19.2 Å². The summed E-state index contributed by atoms with van der Waals surface area (Å²) in [5.41, 5.74) is 7.83.